The number of nitrogens with zero attached hydrogens (tertiary/aromatic N) is 1. The predicted octanol–water partition coefficient (Wildman–Crippen LogP) is 4.37. The smallest absolute Gasteiger partial charge is 0.246 e. The Morgan fingerprint density at radius 1 is 1.03 bits per heavy atom. The zero-order valence-electron chi connectivity index (χ0n) is 22.5. The summed E-state index contributed by atoms with van der Waals surface area (Å²) < 4.78 is 0. The Hall–Kier alpha value is -2.37. The van der Waals surface area contributed by atoms with Crippen molar-refractivity contribution in [3.63, 3.8) is 0 Å². The van der Waals surface area contributed by atoms with Crippen LogP contribution in [0.2, 0.25) is 0 Å². The van der Waals surface area contributed by atoms with Gasteiger partial charge in [-0.25, -0.2) is 0 Å². The summed E-state index contributed by atoms with van der Waals surface area (Å²) in [5.41, 5.74) is 13.8. The lowest BCUT2D eigenvalue weighted by atomic mass is 9.78. The minimum atomic E-state index is -0.483. The fraction of sp³-hybridized carbons (Fsp3) is 0.679. The van der Waals surface area contributed by atoms with E-state index in [-0.39, 0.29) is 28.8 Å². The fourth-order valence-electron chi connectivity index (χ4n) is 4.93. The Labute approximate surface area is 208 Å². The van der Waals surface area contributed by atoms with Crippen molar-refractivity contribution in [1.29, 1.82) is 0 Å². The quantitative estimate of drug-likeness (QED) is 0.355. The molecule has 1 aliphatic heterocycles. The average molecular weight is 472 g/mol. The van der Waals surface area contributed by atoms with Crippen molar-refractivity contribution in [3.05, 3.63) is 49.1 Å². The molecule has 2 fully saturated rings. The Kier molecular flexibility index (Phi) is 8.60. The highest BCUT2D eigenvalue weighted by Gasteiger charge is 2.45. The molecule has 2 aliphatic rings. The minimum Gasteiger partial charge on any atom is -0.399 e. The van der Waals surface area contributed by atoms with Crippen LogP contribution in [-0.4, -0.2) is 35.5 Å². The van der Waals surface area contributed by atoms with Gasteiger partial charge in [0.05, 0.1) is 17.9 Å². The lowest BCUT2D eigenvalue weighted by molar-refractivity contribution is -0.136. The molecule has 1 saturated carbocycles. The second kappa shape index (κ2) is 10.5. The largest absolute Gasteiger partial charge is 0.399 e. The Morgan fingerprint density at radius 2 is 1.62 bits per heavy atom. The Morgan fingerprint density at radius 3 is 2.03 bits per heavy atom. The number of amides is 1. The lowest BCUT2D eigenvalue weighted by Gasteiger charge is -2.38. The number of carbonyl (C=O) groups is 1. The molecular formula is C28H49N5O. The van der Waals surface area contributed by atoms with Crippen LogP contribution in [0.25, 0.3) is 0 Å². The van der Waals surface area contributed by atoms with Gasteiger partial charge in [0.2, 0.25) is 5.91 Å². The number of hydrogen-bond donors (Lipinski definition) is 4. The third kappa shape index (κ3) is 6.83. The van der Waals surface area contributed by atoms with Gasteiger partial charge in [-0.15, -0.1) is 0 Å². The zero-order valence-corrected chi connectivity index (χ0v) is 22.5. The molecule has 0 radical (unpaired) electrons. The number of nitrogens with two attached hydrogens (primary N) is 2. The summed E-state index contributed by atoms with van der Waals surface area (Å²) in [5.74, 6) is 1.33. The number of rotatable bonds is 10. The normalized spacial score (nSPS) is 22.9. The van der Waals surface area contributed by atoms with Gasteiger partial charge in [0.1, 0.15) is 6.04 Å². The molecule has 1 heterocycles. The highest BCUT2D eigenvalue weighted by Crippen LogP contribution is 2.40. The van der Waals surface area contributed by atoms with Crippen molar-refractivity contribution in [2.24, 2.45) is 34.1 Å². The molecule has 2 rings (SSSR count). The third-order valence-corrected chi connectivity index (χ3v) is 7.64. The van der Waals surface area contributed by atoms with E-state index in [0.717, 1.165) is 24.1 Å². The summed E-state index contributed by atoms with van der Waals surface area (Å²) in [7, 11) is 0. The highest BCUT2D eigenvalue weighted by atomic mass is 16.2. The van der Waals surface area contributed by atoms with Crippen molar-refractivity contribution < 1.29 is 4.79 Å². The van der Waals surface area contributed by atoms with Crippen molar-refractivity contribution in [3.8, 4) is 0 Å². The van der Waals surface area contributed by atoms with Crippen LogP contribution in [0.3, 0.4) is 0 Å². The van der Waals surface area contributed by atoms with Gasteiger partial charge in [-0.2, -0.15) is 0 Å². The first-order valence-electron chi connectivity index (χ1n) is 12.6. The number of likely N-dealkylation sites (tertiary alicyclic amines) is 1. The van der Waals surface area contributed by atoms with Gasteiger partial charge >= 0.3 is 0 Å². The summed E-state index contributed by atoms with van der Waals surface area (Å²) in [6.07, 6.45) is 5.55. The van der Waals surface area contributed by atoms with Crippen molar-refractivity contribution >= 4 is 5.91 Å². The summed E-state index contributed by atoms with van der Waals surface area (Å²) in [4.78, 5) is 15.9. The van der Waals surface area contributed by atoms with Crippen LogP contribution in [0.4, 0.5) is 0 Å². The van der Waals surface area contributed by atoms with Gasteiger partial charge in [0.25, 0.3) is 0 Å². The third-order valence-electron chi connectivity index (χ3n) is 7.64. The summed E-state index contributed by atoms with van der Waals surface area (Å²) in [6, 6.07) is -0.637. The van der Waals surface area contributed by atoms with E-state index < -0.39 is 6.04 Å². The van der Waals surface area contributed by atoms with E-state index in [4.69, 9.17) is 11.5 Å². The molecule has 6 nitrogen and oxygen atoms in total. The molecule has 1 amide bonds. The highest BCUT2D eigenvalue weighted by molar-refractivity contribution is 5.84. The van der Waals surface area contributed by atoms with Crippen LogP contribution in [-0.2, 0) is 4.79 Å². The van der Waals surface area contributed by atoms with Crippen molar-refractivity contribution in [1.82, 2.24) is 15.5 Å². The predicted molar refractivity (Wildman–Crippen MR) is 143 cm³/mol. The molecule has 4 atom stereocenters. The van der Waals surface area contributed by atoms with Crippen LogP contribution >= 0.6 is 0 Å². The monoisotopic (exact) mass is 471 g/mol. The fourth-order valence-corrected chi connectivity index (χ4v) is 4.93. The van der Waals surface area contributed by atoms with E-state index in [1.165, 1.54) is 19.3 Å². The standard InChI is InChI=1S/C28H49N5O/c1-17(18(2)29)23(14-21-12-11-13-21)31-19(3)24-15-22(27(5,6)7)16-33(24)26(34)25(28(8,9)10)32-20(4)30/h21-25,31-32H,1-4,11-16,29-30H2,5-10H3. The molecule has 0 aromatic carbocycles. The Balaban J connectivity index is 2.32. The number of carbonyl (C=O) groups excluding carboxylic acids is 1. The molecule has 6 N–H and O–H groups in total. The first-order valence-corrected chi connectivity index (χ1v) is 12.6. The van der Waals surface area contributed by atoms with Crippen LogP contribution in [0, 0.1) is 22.7 Å². The van der Waals surface area contributed by atoms with Gasteiger partial charge < -0.3 is 27.0 Å². The molecule has 1 aliphatic carbocycles. The number of nitrogens with one attached hydrogen (secondary N) is 2. The second-order valence-electron chi connectivity index (χ2n) is 12.6. The summed E-state index contributed by atoms with van der Waals surface area (Å²) >= 11 is 0. The minimum absolute atomic E-state index is 0.0244. The molecule has 0 spiro atoms. The molecule has 4 unspecified atom stereocenters. The molecule has 0 aromatic rings. The number of hydrogen-bond acceptors (Lipinski definition) is 5. The van der Waals surface area contributed by atoms with Gasteiger partial charge in [-0.3, -0.25) is 4.79 Å². The maximum Gasteiger partial charge on any atom is 0.246 e. The van der Waals surface area contributed by atoms with Gasteiger partial charge in [-0.1, -0.05) is 87.1 Å². The molecule has 192 valence electrons. The topological polar surface area (TPSA) is 96.4 Å². The molecular weight excluding hydrogens is 422 g/mol. The molecule has 34 heavy (non-hydrogen) atoms. The molecule has 0 aromatic heterocycles. The van der Waals surface area contributed by atoms with Crippen molar-refractivity contribution in [2.75, 3.05) is 6.54 Å². The van der Waals surface area contributed by atoms with E-state index in [9.17, 15) is 4.79 Å². The maximum absolute atomic E-state index is 13.9. The van der Waals surface area contributed by atoms with E-state index >= 15 is 0 Å². The maximum atomic E-state index is 13.9. The molecule has 1 saturated heterocycles. The molecule has 0 bridgehead atoms. The van der Waals surface area contributed by atoms with Crippen LogP contribution in [0.1, 0.15) is 73.6 Å². The molecule has 6 heteroatoms. The SMILES string of the molecule is C=C(N)NC(C(=O)N1CC(C(C)(C)C)CC1C(=C)NC(CC1CCC1)C(=C)C(=C)N)C(C)(C)C. The van der Waals surface area contributed by atoms with Crippen LogP contribution < -0.4 is 22.1 Å². The lowest BCUT2D eigenvalue weighted by Crippen LogP contribution is -2.55. The van der Waals surface area contributed by atoms with Crippen molar-refractivity contribution in [2.45, 2.75) is 91.8 Å². The first kappa shape index (κ1) is 27.9. The van der Waals surface area contributed by atoms with Gasteiger partial charge in [0.15, 0.2) is 0 Å². The second-order valence-corrected chi connectivity index (χ2v) is 12.6. The van der Waals surface area contributed by atoms with Gasteiger partial charge in [0, 0.05) is 17.9 Å². The van der Waals surface area contributed by atoms with Gasteiger partial charge in [-0.05, 0) is 41.1 Å². The zero-order chi connectivity index (χ0) is 26.0. The van der Waals surface area contributed by atoms with Crippen LogP contribution in [0.15, 0.2) is 49.1 Å². The Bertz CT molecular complexity index is 812. The van der Waals surface area contributed by atoms with E-state index in [1.54, 1.807) is 0 Å². The summed E-state index contributed by atoms with van der Waals surface area (Å²) in [6.45, 7) is 29.8. The van der Waals surface area contributed by atoms with E-state index in [0.29, 0.717) is 29.9 Å². The van der Waals surface area contributed by atoms with E-state index in [2.05, 4.69) is 57.7 Å². The first-order chi connectivity index (χ1) is 15.5. The van der Waals surface area contributed by atoms with Crippen LogP contribution in [0.5, 0.6) is 0 Å². The summed E-state index contributed by atoms with van der Waals surface area (Å²) in [5, 5.41) is 6.75. The average Bonchev–Trinajstić information content (AvgIpc) is 3.11. The van der Waals surface area contributed by atoms with E-state index in [1.807, 2.05) is 25.7 Å².